The molecule has 0 aliphatic carbocycles. The summed E-state index contributed by atoms with van der Waals surface area (Å²) in [5.74, 6) is 0.485. The standard InChI is InChI=1S/C22H26FN3O/c23-21-7-9-22(10-8-21)27-16-2-13-25-11-1-12-26(15-14-25)18-20-5-3-19(17-24)4-6-20/h3-10H,1-2,11-16,18H2. The first-order chi connectivity index (χ1) is 13.2. The SMILES string of the molecule is N#Cc1ccc(CN2CCCN(CCCOc3ccc(F)cc3)CC2)cc1. The lowest BCUT2D eigenvalue weighted by Gasteiger charge is -2.22. The molecule has 1 aliphatic rings. The van der Waals surface area contributed by atoms with Gasteiger partial charge in [0.25, 0.3) is 0 Å². The van der Waals surface area contributed by atoms with Crippen LogP contribution in [0, 0.1) is 17.1 Å². The molecule has 0 spiro atoms. The van der Waals surface area contributed by atoms with Crippen LogP contribution in [0.3, 0.4) is 0 Å². The Bertz CT molecular complexity index is 740. The van der Waals surface area contributed by atoms with Gasteiger partial charge < -0.3 is 9.64 Å². The van der Waals surface area contributed by atoms with Crippen molar-refractivity contribution in [3.05, 3.63) is 65.5 Å². The van der Waals surface area contributed by atoms with E-state index >= 15 is 0 Å². The fraction of sp³-hybridized carbons (Fsp3) is 0.409. The summed E-state index contributed by atoms with van der Waals surface area (Å²) >= 11 is 0. The van der Waals surface area contributed by atoms with Crippen molar-refractivity contribution in [1.29, 1.82) is 5.26 Å². The van der Waals surface area contributed by atoms with Crippen molar-refractivity contribution in [3.63, 3.8) is 0 Å². The van der Waals surface area contributed by atoms with Crippen molar-refractivity contribution in [2.24, 2.45) is 0 Å². The van der Waals surface area contributed by atoms with Crippen LogP contribution in [-0.4, -0.2) is 49.1 Å². The van der Waals surface area contributed by atoms with Crippen molar-refractivity contribution >= 4 is 0 Å². The zero-order chi connectivity index (χ0) is 18.9. The molecule has 0 amide bonds. The number of halogens is 1. The zero-order valence-corrected chi connectivity index (χ0v) is 15.6. The summed E-state index contributed by atoms with van der Waals surface area (Å²) in [6.45, 7) is 6.94. The molecule has 1 aliphatic heterocycles. The van der Waals surface area contributed by atoms with E-state index in [0.717, 1.165) is 57.9 Å². The summed E-state index contributed by atoms with van der Waals surface area (Å²) in [5, 5.41) is 8.89. The third-order valence-corrected chi connectivity index (χ3v) is 4.87. The van der Waals surface area contributed by atoms with E-state index in [2.05, 4.69) is 15.9 Å². The molecule has 0 unspecified atom stereocenters. The van der Waals surface area contributed by atoms with Crippen LogP contribution in [0.4, 0.5) is 4.39 Å². The average Bonchev–Trinajstić information content (AvgIpc) is 2.92. The molecule has 0 bridgehead atoms. The molecule has 27 heavy (non-hydrogen) atoms. The van der Waals surface area contributed by atoms with Gasteiger partial charge in [0.1, 0.15) is 11.6 Å². The predicted octanol–water partition coefficient (Wildman–Crippen LogP) is 3.67. The summed E-state index contributed by atoms with van der Waals surface area (Å²) in [4.78, 5) is 4.98. The van der Waals surface area contributed by atoms with Gasteiger partial charge in [0, 0.05) is 26.2 Å². The average molecular weight is 367 g/mol. The van der Waals surface area contributed by atoms with Gasteiger partial charge in [-0.1, -0.05) is 12.1 Å². The summed E-state index contributed by atoms with van der Waals surface area (Å²) in [5.41, 5.74) is 1.97. The van der Waals surface area contributed by atoms with Crippen molar-refractivity contribution in [2.45, 2.75) is 19.4 Å². The molecule has 1 fully saturated rings. The van der Waals surface area contributed by atoms with Gasteiger partial charge in [-0.25, -0.2) is 4.39 Å². The van der Waals surface area contributed by atoms with Gasteiger partial charge in [-0.3, -0.25) is 4.90 Å². The maximum atomic E-state index is 12.9. The molecule has 1 saturated heterocycles. The molecule has 0 N–H and O–H groups in total. The fourth-order valence-electron chi connectivity index (χ4n) is 3.36. The molecule has 2 aromatic carbocycles. The number of nitrogens with zero attached hydrogens (tertiary/aromatic N) is 3. The van der Waals surface area contributed by atoms with E-state index in [1.807, 2.05) is 24.3 Å². The molecule has 0 atom stereocenters. The lowest BCUT2D eigenvalue weighted by molar-refractivity contribution is 0.229. The Hall–Kier alpha value is -2.42. The van der Waals surface area contributed by atoms with E-state index in [1.165, 1.54) is 17.7 Å². The lowest BCUT2D eigenvalue weighted by atomic mass is 10.1. The molecule has 4 nitrogen and oxygen atoms in total. The third kappa shape index (κ3) is 6.35. The summed E-state index contributed by atoms with van der Waals surface area (Å²) < 4.78 is 18.6. The van der Waals surface area contributed by atoms with Crippen molar-refractivity contribution < 1.29 is 9.13 Å². The van der Waals surface area contributed by atoms with E-state index in [0.29, 0.717) is 12.2 Å². The molecule has 142 valence electrons. The minimum atomic E-state index is -0.238. The Labute approximate surface area is 160 Å². The highest BCUT2D eigenvalue weighted by Gasteiger charge is 2.14. The summed E-state index contributed by atoms with van der Waals surface area (Å²) in [6, 6.07) is 16.2. The third-order valence-electron chi connectivity index (χ3n) is 4.87. The van der Waals surface area contributed by atoms with E-state index in [4.69, 9.17) is 10.00 Å². The summed E-state index contributed by atoms with van der Waals surface area (Å²) in [7, 11) is 0. The van der Waals surface area contributed by atoms with E-state index < -0.39 is 0 Å². The molecule has 0 aromatic heterocycles. The second-order valence-corrected chi connectivity index (χ2v) is 6.94. The van der Waals surface area contributed by atoms with Gasteiger partial charge in [-0.2, -0.15) is 5.26 Å². The molecule has 1 heterocycles. The number of hydrogen-bond donors (Lipinski definition) is 0. The first-order valence-electron chi connectivity index (χ1n) is 9.55. The molecule has 5 heteroatoms. The van der Waals surface area contributed by atoms with Crippen LogP contribution in [0.2, 0.25) is 0 Å². The Balaban J connectivity index is 1.36. The van der Waals surface area contributed by atoms with Crippen molar-refractivity contribution in [3.8, 4) is 11.8 Å². The van der Waals surface area contributed by atoms with Crippen LogP contribution in [0.1, 0.15) is 24.0 Å². The fourth-order valence-corrected chi connectivity index (χ4v) is 3.36. The molecular formula is C22H26FN3O. The highest BCUT2D eigenvalue weighted by molar-refractivity contribution is 5.31. The van der Waals surface area contributed by atoms with Crippen LogP contribution in [0.25, 0.3) is 0 Å². The zero-order valence-electron chi connectivity index (χ0n) is 15.6. The van der Waals surface area contributed by atoms with Crippen LogP contribution in [-0.2, 0) is 6.54 Å². The van der Waals surface area contributed by atoms with E-state index in [9.17, 15) is 4.39 Å². The van der Waals surface area contributed by atoms with Crippen molar-refractivity contribution in [1.82, 2.24) is 9.80 Å². The number of rotatable bonds is 7. The number of nitriles is 1. The Morgan fingerprint density at radius 1 is 0.926 bits per heavy atom. The van der Waals surface area contributed by atoms with Crippen LogP contribution < -0.4 is 4.74 Å². The highest BCUT2D eigenvalue weighted by Crippen LogP contribution is 2.13. The van der Waals surface area contributed by atoms with Crippen LogP contribution in [0.15, 0.2) is 48.5 Å². The smallest absolute Gasteiger partial charge is 0.123 e. The van der Waals surface area contributed by atoms with Gasteiger partial charge in [0.05, 0.1) is 18.2 Å². The molecule has 2 aromatic rings. The topological polar surface area (TPSA) is 39.5 Å². The molecule has 3 rings (SSSR count). The second-order valence-electron chi connectivity index (χ2n) is 6.94. The number of hydrogen-bond acceptors (Lipinski definition) is 4. The first-order valence-corrected chi connectivity index (χ1v) is 9.55. The van der Waals surface area contributed by atoms with E-state index in [-0.39, 0.29) is 5.82 Å². The predicted molar refractivity (Wildman–Crippen MR) is 104 cm³/mol. The maximum absolute atomic E-state index is 12.9. The van der Waals surface area contributed by atoms with Gasteiger partial charge >= 0.3 is 0 Å². The van der Waals surface area contributed by atoms with Crippen molar-refractivity contribution in [2.75, 3.05) is 39.3 Å². The number of ether oxygens (including phenoxy) is 1. The Morgan fingerprint density at radius 3 is 2.37 bits per heavy atom. The van der Waals surface area contributed by atoms with Gasteiger partial charge in [-0.15, -0.1) is 0 Å². The van der Waals surface area contributed by atoms with Crippen LogP contribution >= 0.6 is 0 Å². The summed E-state index contributed by atoms with van der Waals surface area (Å²) in [6.07, 6.45) is 2.13. The molecule has 0 saturated carbocycles. The Morgan fingerprint density at radius 2 is 1.63 bits per heavy atom. The van der Waals surface area contributed by atoms with Gasteiger partial charge in [-0.05, 0) is 67.9 Å². The first kappa shape index (κ1) is 19.3. The quantitative estimate of drug-likeness (QED) is 0.700. The second kappa shape index (κ2) is 10.1. The normalized spacial score (nSPS) is 15.9. The monoisotopic (exact) mass is 367 g/mol. The van der Waals surface area contributed by atoms with Gasteiger partial charge in [0.2, 0.25) is 0 Å². The molecular weight excluding hydrogens is 341 g/mol. The minimum absolute atomic E-state index is 0.238. The lowest BCUT2D eigenvalue weighted by Crippen LogP contribution is -2.31. The Kier molecular flexibility index (Phi) is 7.20. The number of benzene rings is 2. The van der Waals surface area contributed by atoms with Crippen LogP contribution in [0.5, 0.6) is 5.75 Å². The van der Waals surface area contributed by atoms with E-state index in [1.54, 1.807) is 12.1 Å². The molecule has 0 radical (unpaired) electrons. The maximum Gasteiger partial charge on any atom is 0.123 e. The van der Waals surface area contributed by atoms with Gasteiger partial charge in [0.15, 0.2) is 0 Å². The largest absolute Gasteiger partial charge is 0.494 e. The minimum Gasteiger partial charge on any atom is -0.494 e. The highest BCUT2D eigenvalue weighted by atomic mass is 19.1.